The first kappa shape index (κ1) is 25.1. The highest BCUT2D eigenvalue weighted by Crippen LogP contribution is 2.50. The van der Waals surface area contributed by atoms with Gasteiger partial charge in [0, 0.05) is 10.7 Å². The van der Waals surface area contributed by atoms with Gasteiger partial charge >= 0.3 is 5.97 Å². The summed E-state index contributed by atoms with van der Waals surface area (Å²) in [4.78, 5) is 52.1. The predicted octanol–water partition coefficient (Wildman–Crippen LogP) is 2.69. The van der Waals surface area contributed by atoms with Crippen molar-refractivity contribution in [2.24, 2.45) is 5.92 Å². The first-order valence-electron chi connectivity index (χ1n) is 11.5. The fourth-order valence-corrected chi connectivity index (χ4v) is 6.18. The highest BCUT2D eigenvalue weighted by atomic mass is 32.2. The molecule has 3 N–H and O–H groups in total. The van der Waals surface area contributed by atoms with Gasteiger partial charge in [-0.2, -0.15) is 0 Å². The van der Waals surface area contributed by atoms with Gasteiger partial charge in [-0.15, -0.1) is 11.8 Å². The standard InChI is InChI=1S/C24H33N3O5S/c1-5-7-11-14(6-2)19(28)25-16(15-12-9-8-10-13-15)20(29)26-17-21(30)27-18(23(31)32)24(3,4)33-22(17)27/h8-10,12-14,16-18,22H,5-7,11H2,1-4H3,(H,25,28)(H,26,29)(H,31,32)/t14?,16-,17-,18+,22-/m1/s1. The van der Waals surface area contributed by atoms with Crippen LogP contribution in [0, 0.1) is 5.92 Å². The van der Waals surface area contributed by atoms with Gasteiger partial charge in [0.25, 0.3) is 0 Å². The summed E-state index contributed by atoms with van der Waals surface area (Å²) in [6.07, 6.45) is 3.34. The average molecular weight is 476 g/mol. The summed E-state index contributed by atoms with van der Waals surface area (Å²) in [5.74, 6) is -2.31. The molecule has 2 saturated heterocycles. The summed E-state index contributed by atoms with van der Waals surface area (Å²) in [6.45, 7) is 7.60. The molecular weight excluding hydrogens is 442 g/mol. The van der Waals surface area contributed by atoms with E-state index < -0.39 is 46.0 Å². The molecule has 2 aliphatic rings. The molecule has 1 aromatic carbocycles. The van der Waals surface area contributed by atoms with Crippen LogP contribution in [-0.2, 0) is 19.2 Å². The molecule has 33 heavy (non-hydrogen) atoms. The Hall–Kier alpha value is -2.55. The molecule has 9 heteroatoms. The van der Waals surface area contributed by atoms with Crippen molar-refractivity contribution in [2.75, 3.05) is 0 Å². The number of nitrogens with one attached hydrogen (secondary N) is 2. The molecule has 180 valence electrons. The molecule has 0 radical (unpaired) electrons. The van der Waals surface area contributed by atoms with Crippen LogP contribution >= 0.6 is 11.8 Å². The monoisotopic (exact) mass is 475 g/mol. The number of carboxylic acids is 1. The number of unbranched alkanes of at least 4 members (excludes halogenated alkanes) is 1. The molecule has 1 unspecified atom stereocenters. The number of amides is 3. The van der Waals surface area contributed by atoms with Gasteiger partial charge in [-0.05, 0) is 32.3 Å². The maximum absolute atomic E-state index is 13.3. The quantitative estimate of drug-likeness (QED) is 0.448. The minimum atomic E-state index is -1.06. The molecule has 0 aliphatic carbocycles. The van der Waals surface area contributed by atoms with Crippen LogP contribution in [0.2, 0.25) is 0 Å². The molecule has 2 heterocycles. The van der Waals surface area contributed by atoms with Crippen LogP contribution in [0.3, 0.4) is 0 Å². The average Bonchev–Trinajstić information content (AvgIpc) is 3.04. The van der Waals surface area contributed by atoms with Crippen molar-refractivity contribution >= 4 is 35.5 Å². The Labute approximate surface area is 198 Å². The SMILES string of the molecule is CCCCC(CC)C(=O)N[C@@H](C(=O)N[C@@H]1C(=O)N2[C@@H]1SC(C)(C)[C@@H]2C(=O)O)c1ccccc1. The van der Waals surface area contributed by atoms with E-state index in [1.807, 2.05) is 13.0 Å². The minimum Gasteiger partial charge on any atom is -0.480 e. The predicted molar refractivity (Wildman–Crippen MR) is 126 cm³/mol. The van der Waals surface area contributed by atoms with E-state index in [1.165, 1.54) is 16.7 Å². The van der Waals surface area contributed by atoms with Gasteiger partial charge in [0.2, 0.25) is 17.7 Å². The molecular formula is C24H33N3O5S. The minimum absolute atomic E-state index is 0.182. The molecule has 0 saturated carbocycles. The van der Waals surface area contributed by atoms with Crippen LogP contribution in [0.5, 0.6) is 0 Å². The largest absolute Gasteiger partial charge is 0.480 e. The Kier molecular flexibility index (Phi) is 7.72. The van der Waals surface area contributed by atoms with Gasteiger partial charge in [-0.3, -0.25) is 14.4 Å². The third-order valence-electron chi connectivity index (χ3n) is 6.42. The lowest BCUT2D eigenvalue weighted by Gasteiger charge is -2.44. The van der Waals surface area contributed by atoms with E-state index in [1.54, 1.807) is 38.1 Å². The van der Waals surface area contributed by atoms with Crippen LogP contribution in [0.1, 0.15) is 65.0 Å². The van der Waals surface area contributed by atoms with E-state index >= 15 is 0 Å². The Bertz CT molecular complexity index is 907. The molecule has 3 rings (SSSR count). The number of rotatable bonds is 10. The zero-order valence-electron chi connectivity index (χ0n) is 19.5. The molecule has 3 amide bonds. The Morgan fingerprint density at radius 2 is 1.82 bits per heavy atom. The maximum atomic E-state index is 13.3. The number of benzene rings is 1. The van der Waals surface area contributed by atoms with Gasteiger partial charge in [0.15, 0.2) is 0 Å². The van der Waals surface area contributed by atoms with Crippen molar-refractivity contribution in [2.45, 2.75) is 81.6 Å². The van der Waals surface area contributed by atoms with Gasteiger partial charge < -0.3 is 20.6 Å². The van der Waals surface area contributed by atoms with Gasteiger partial charge in [0.05, 0.1) is 0 Å². The van der Waals surface area contributed by atoms with Crippen LogP contribution < -0.4 is 10.6 Å². The third-order valence-corrected chi connectivity index (χ3v) is 8.00. The molecule has 0 aromatic heterocycles. The number of carbonyl (C=O) groups is 4. The lowest BCUT2D eigenvalue weighted by molar-refractivity contribution is -0.161. The maximum Gasteiger partial charge on any atom is 0.327 e. The van der Waals surface area contributed by atoms with Crippen molar-refractivity contribution in [3.05, 3.63) is 35.9 Å². The number of nitrogens with zero attached hydrogens (tertiary/aromatic N) is 1. The van der Waals surface area contributed by atoms with E-state index in [-0.39, 0.29) is 11.8 Å². The number of aliphatic carboxylic acids is 1. The summed E-state index contributed by atoms with van der Waals surface area (Å²) in [7, 11) is 0. The first-order chi connectivity index (χ1) is 15.6. The summed E-state index contributed by atoms with van der Waals surface area (Å²) in [5, 5.41) is 14.8. The molecule has 0 bridgehead atoms. The van der Waals surface area contributed by atoms with Crippen molar-refractivity contribution in [1.29, 1.82) is 0 Å². The number of hydrogen-bond donors (Lipinski definition) is 3. The molecule has 0 spiro atoms. The van der Waals surface area contributed by atoms with Gasteiger partial charge in [0.1, 0.15) is 23.5 Å². The van der Waals surface area contributed by atoms with E-state index in [9.17, 15) is 24.3 Å². The summed E-state index contributed by atoms with van der Waals surface area (Å²) in [6, 6.07) is 6.23. The Morgan fingerprint density at radius 1 is 1.15 bits per heavy atom. The smallest absolute Gasteiger partial charge is 0.327 e. The Morgan fingerprint density at radius 3 is 2.39 bits per heavy atom. The lowest BCUT2D eigenvalue weighted by atomic mass is 9.95. The van der Waals surface area contributed by atoms with Crippen LogP contribution in [0.25, 0.3) is 0 Å². The number of β-lactam (4-membered cyclic amide) rings is 1. The summed E-state index contributed by atoms with van der Waals surface area (Å²) >= 11 is 1.37. The van der Waals surface area contributed by atoms with E-state index in [0.29, 0.717) is 12.0 Å². The highest BCUT2D eigenvalue weighted by molar-refractivity contribution is 8.01. The molecule has 5 atom stereocenters. The van der Waals surface area contributed by atoms with Gasteiger partial charge in [-0.1, -0.05) is 57.0 Å². The van der Waals surface area contributed by atoms with E-state index in [2.05, 4.69) is 17.6 Å². The van der Waals surface area contributed by atoms with E-state index in [0.717, 1.165) is 19.3 Å². The Balaban J connectivity index is 1.76. The topological polar surface area (TPSA) is 116 Å². The van der Waals surface area contributed by atoms with Crippen molar-refractivity contribution in [3.8, 4) is 0 Å². The van der Waals surface area contributed by atoms with Crippen molar-refractivity contribution in [3.63, 3.8) is 0 Å². The molecule has 1 aromatic rings. The first-order valence-corrected chi connectivity index (χ1v) is 12.4. The van der Waals surface area contributed by atoms with E-state index in [4.69, 9.17) is 0 Å². The number of carbonyl (C=O) groups excluding carboxylic acids is 3. The molecule has 8 nitrogen and oxygen atoms in total. The number of fused-ring (bicyclic) bond motifs is 1. The normalized spacial score (nSPS) is 24.9. The number of hydrogen-bond acceptors (Lipinski definition) is 5. The lowest BCUT2D eigenvalue weighted by Crippen LogP contribution is -2.71. The van der Waals surface area contributed by atoms with Crippen molar-refractivity contribution in [1.82, 2.24) is 15.5 Å². The molecule has 2 aliphatic heterocycles. The number of carboxylic acid groups (broad SMARTS) is 1. The zero-order chi connectivity index (χ0) is 24.3. The summed E-state index contributed by atoms with van der Waals surface area (Å²) < 4.78 is -0.674. The second-order valence-electron chi connectivity index (χ2n) is 9.18. The second kappa shape index (κ2) is 10.2. The fourth-order valence-electron chi connectivity index (χ4n) is 4.56. The van der Waals surface area contributed by atoms with Crippen LogP contribution in [-0.4, -0.2) is 55.9 Å². The van der Waals surface area contributed by atoms with Crippen molar-refractivity contribution < 1.29 is 24.3 Å². The summed E-state index contributed by atoms with van der Waals surface area (Å²) in [5.41, 5.74) is 0.625. The van der Waals surface area contributed by atoms with Gasteiger partial charge in [-0.25, -0.2) is 4.79 Å². The third kappa shape index (κ3) is 5.03. The molecule has 2 fully saturated rings. The fraction of sp³-hybridized carbons (Fsp3) is 0.583. The van der Waals surface area contributed by atoms with Crippen LogP contribution in [0.4, 0.5) is 0 Å². The second-order valence-corrected chi connectivity index (χ2v) is 11.0. The zero-order valence-corrected chi connectivity index (χ0v) is 20.4. The van der Waals surface area contributed by atoms with Crippen LogP contribution in [0.15, 0.2) is 30.3 Å². The number of thioether (sulfide) groups is 1. The highest BCUT2D eigenvalue weighted by Gasteiger charge is 2.64.